The van der Waals surface area contributed by atoms with Crippen LogP contribution in [0.4, 0.5) is 10.1 Å². The largest absolute Gasteiger partial charge is 0.491 e. The lowest BCUT2D eigenvalue weighted by atomic mass is 10.2. The highest BCUT2D eigenvalue weighted by molar-refractivity contribution is 5.96. The number of hydrogen-bond donors (Lipinski definition) is 1. The van der Waals surface area contributed by atoms with Crippen LogP contribution in [0.2, 0.25) is 0 Å². The molecule has 1 aliphatic rings. The van der Waals surface area contributed by atoms with Gasteiger partial charge in [0.1, 0.15) is 31.4 Å². The van der Waals surface area contributed by atoms with Gasteiger partial charge in [-0.15, -0.1) is 0 Å². The van der Waals surface area contributed by atoms with Crippen LogP contribution in [0.5, 0.6) is 11.5 Å². The van der Waals surface area contributed by atoms with Gasteiger partial charge in [-0.2, -0.15) is 0 Å². The van der Waals surface area contributed by atoms with Crippen molar-refractivity contribution in [3.8, 4) is 11.5 Å². The van der Waals surface area contributed by atoms with Crippen LogP contribution in [-0.2, 0) is 20.9 Å². The summed E-state index contributed by atoms with van der Waals surface area (Å²) in [6.45, 7) is 3.89. The maximum absolute atomic E-state index is 12.8. The van der Waals surface area contributed by atoms with Crippen molar-refractivity contribution in [2.45, 2.75) is 6.61 Å². The second kappa shape index (κ2) is 17.0. The molecule has 0 atom stereocenters. The Bertz CT molecular complexity index is 1240. The number of alkyl halides is 1. The molecule has 10 heteroatoms. The standard InChI is InChI=1S/C32H38FN3O6/c33-13-18-39-19-20-40-21-22-41-30-8-4-7-27(23-30)32(38)34-24-31(37)36-16-14-35(15-17-36)28-9-11-29(12-10-28)42-25-26-5-2-1-3-6-26/h1-12,23H,13-22,24-25H2,(H,34,38). The first-order valence-corrected chi connectivity index (χ1v) is 14.1. The predicted octanol–water partition coefficient (Wildman–Crippen LogP) is 3.73. The van der Waals surface area contributed by atoms with E-state index in [1.807, 2.05) is 54.6 Å². The normalized spacial score (nSPS) is 13.1. The van der Waals surface area contributed by atoms with Crippen LogP contribution in [0.1, 0.15) is 15.9 Å². The van der Waals surface area contributed by atoms with Crippen LogP contribution in [-0.4, -0.2) is 89.1 Å². The minimum Gasteiger partial charge on any atom is -0.491 e. The number of carbonyl (C=O) groups is 2. The van der Waals surface area contributed by atoms with Crippen LogP contribution >= 0.6 is 0 Å². The Labute approximate surface area is 246 Å². The number of ether oxygens (including phenoxy) is 4. The average molecular weight is 580 g/mol. The average Bonchev–Trinajstić information content (AvgIpc) is 3.04. The quantitative estimate of drug-likeness (QED) is 0.259. The van der Waals surface area contributed by atoms with Gasteiger partial charge in [-0.3, -0.25) is 9.59 Å². The molecule has 0 unspecified atom stereocenters. The van der Waals surface area contributed by atoms with E-state index >= 15 is 0 Å². The topological polar surface area (TPSA) is 89.6 Å². The van der Waals surface area contributed by atoms with E-state index in [-0.39, 0.29) is 25.0 Å². The molecule has 0 radical (unpaired) electrons. The van der Waals surface area contributed by atoms with Crippen molar-refractivity contribution in [3.63, 3.8) is 0 Å². The Morgan fingerprint density at radius 3 is 2.19 bits per heavy atom. The molecule has 1 N–H and O–H groups in total. The number of rotatable bonds is 16. The Balaban J connectivity index is 1.13. The van der Waals surface area contributed by atoms with Gasteiger partial charge in [0, 0.05) is 37.4 Å². The third-order valence-electron chi connectivity index (χ3n) is 6.67. The van der Waals surface area contributed by atoms with Crippen molar-refractivity contribution in [1.29, 1.82) is 0 Å². The van der Waals surface area contributed by atoms with Gasteiger partial charge < -0.3 is 34.1 Å². The number of piperazine rings is 1. The molecule has 3 aromatic rings. The fraction of sp³-hybridized carbons (Fsp3) is 0.375. The van der Waals surface area contributed by atoms with E-state index in [1.54, 1.807) is 29.2 Å². The van der Waals surface area contributed by atoms with Gasteiger partial charge in [-0.1, -0.05) is 36.4 Å². The highest BCUT2D eigenvalue weighted by atomic mass is 19.1. The number of benzene rings is 3. The maximum Gasteiger partial charge on any atom is 0.251 e. The van der Waals surface area contributed by atoms with E-state index in [4.69, 9.17) is 18.9 Å². The van der Waals surface area contributed by atoms with Gasteiger partial charge in [0.05, 0.1) is 33.0 Å². The molecule has 224 valence electrons. The summed E-state index contributed by atoms with van der Waals surface area (Å²) in [6.07, 6.45) is 0. The van der Waals surface area contributed by atoms with E-state index in [2.05, 4.69) is 10.2 Å². The number of anilines is 1. The molecule has 0 spiro atoms. The van der Waals surface area contributed by atoms with Gasteiger partial charge >= 0.3 is 0 Å². The first-order valence-electron chi connectivity index (χ1n) is 14.1. The lowest BCUT2D eigenvalue weighted by molar-refractivity contribution is -0.130. The monoisotopic (exact) mass is 579 g/mol. The molecule has 2 amide bonds. The Morgan fingerprint density at radius 1 is 0.738 bits per heavy atom. The van der Waals surface area contributed by atoms with Crippen molar-refractivity contribution in [2.75, 3.05) is 77.3 Å². The van der Waals surface area contributed by atoms with E-state index in [1.165, 1.54) is 0 Å². The smallest absolute Gasteiger partial charge is 0.251 e. The minimum atomic E-state index is -0.513. The lowest BCUT2D eigenvalue weighted by Gasteiger charge is -2.36. The summed E-state index contributed by atoms with van der Waals surface area (Å²) in [5, 5.41) is 2.72. The molecule has 0 aliphatic carbocycles. The zero-order valence-electron chi connectivity index (χ0n) is 23.7. The second-order valence-electron chi connectivity index (χ2n) is 9.61. The number of hydrogen-bond acceptors (Lipinski definition) is 7. The summed E-state index contributed by atoms with van der Waals surface area (Å²) in [6, 6.07) is 24.8. The van der Waals surface area contributed by atoms with Crippen molar-refractivity contribution in [1.82, 2.24) is 10.2 Å². The minimum absolute atomic E-state index is 0.0683. The molecular formula is C32H38FN3O6. The molecule has 0 bridgehead atoms. The molecule has 1 heterocycles. The number of nitrogens with zero attached hydrogens (tertiary/aromatic N) is 2. The van der Waals surface area contributed by atoms with Crippen LogP contribution < -0.4 is 19.7 Å². The molecular weight excluding hydrogens is 541 g/mol. The van der Waals surface area contributed by atoms with E-state index < -0.39 is 6.67 Å². The summed E-state index contributed by atoms with van der Waals surface area (Å²) in [5.74, 6) is 0.876. The first kappa shape index (κ1) is 30.8. The molecule has 0 aromatic heterocycles. The van der Waals surface area contributed by atoms with E-state index in [9.17, 15) is 14.0 Å². The summed E-state index contributed by atoms with van der Waals surface area (Å²) in [4.78, 5) is 29.4. The van der Waals surface area contributed by atoms with Gasteiger partial charge in [0.25, 0.3) is 5.91 Å². The van der Waals surface area contributed by atoms with Crippen LogP contribution in [0.3, 0.4) is 0 Å². The highest BCUT2D eigenvalue weighted by Gasteiger charge is 2.22. The summed E-state index contributed by atoms with van der Waals surface area (Å²) in [5.41, 5.74) is 2.61. The van der Waals surface area contributed by atoms with E-state index in [0.29, 0.717) is 70.5 Å². The molecule has 9 nitrogen and oxygen atoms in total. The van der Waals surface area contributed by atoms with Crippen molar-refractivity contribution < 1.29 is 32.9 Å². The van der Waals surface area contributed by atoms with Gasteiger partial charge in [0.2, 0.25) is 5.91 Å². The molecule has 1 saturated heterocycles. The van der Waals surface area contributed by atoms with Gasteiger partial charge in [0.15, 0.2) is 0 Å². The fourth-order valence-corrected chi connectivity index (χ4v) is 4.40. The number of amides is 2. The Kier molecular flexibility index (Phi) is 12.4. The van der Waals surface area contributed by atoms with Crippen LogP contribution in [0, 0.1) is 0 Å². The third kappa shape index (κ3) is 10.0. The zero-order chi connectivity index (χ0) is 29.4. The molecule has 4 rings (SSSR count). The first-order chi connectivity index (χ1) is 20.6. The zero-order valence-corrected chi connectivity index (χ0v) is 23.7. The van der Waals surface area contributed by atoms with Gasteiger partial charge in [-0.25, -0.2) is 4.39 Å². The molecule has 3 aromatic carbocycles. The SMILES string of the molecule is O=C(NCC(=O)N1CCN(c2ccc(OCc3ccccc3)cc2)CC1)c1cccc(OCCOCCOCCF)c1. The Hall–Kier alpha value is -4.15. The summed E-state index contributed by atoms with van der Waals surface area (Å²) >= 11 is 0. The van der Waals surface area contributed by atoms with Crippen LogP contribution in [0.15, 0.2) is 78.9 Å². The predicted molar refractivity (Wildman–Crippen MR) is 158 cm³/mol. The molecule has 1 aliphatic heterocycles. The lowest BCUT2D eigenvalue weighted by Crippen LogP contribution is -2.51. The highest BCUT2D eigenvalue weighted by Crippen LogP contribution is 2.22. The molecule has 42 heavy (non-hydrogen) atoms. The summed E-state index contributed by atoms with van der Waals surface area (Å²) in [7, 11) is 0. The van der Waals surface area contributed by atoms with E-state index in [0.717, 1.165) is 17.0 Å². The number of nitrogens with one attached hydrogen (secondary N) is 1. The van der Waals surface area contributed by atoms with Crippen LogP contribution in [0.25, 0.3) is 0 Å². The number of carbonyl (C=O) groups excluding carboxylic acids is 2. The number of halogens is 1. The summed E-state index contributed by atoms with van der Waals surface area (Å²) < 4.78 is 33.8. The van der Waals surface area contributed by atoms with Crippen molar-refractivity contribution >= 4 is 17.5 Å². The van der Waals surface area contributed by atoms with Gasteiger partial charge in [-0.05, 0) is 48.0 Å². The third-order valence-corrected chi connectivity index (χ3v) is 6.67. The van der Waals surface area contributed by atoms with Crippen molar-refractivity contribution in [3.05, 3.63) is 90.0 Å². The maximum atomic E-state index is 12.8. The van der Waals surface area contributed by atoms with Crippen molar-refractivity contribution in [2.24, 2.45) is 0 Å². The molecule has 0 saturated carbocycles. The second-order valence-corrected chi connectivity index (χ2v) is 9.61. The Morgan fingerprint density at radius 2 is 1.45 bits per heavy atom. The fourth-order valence-electron chi connectivity index (χ4n) is 4.40. The molecule has 1 fully saturated rings.